The Bertz CT molecular complexity index is 96.5. The van der Waals surface area contributed by atoms with E-state index in [0.717, 1.165) is 0 Å². The van der Waals surface area contributed by atoms with Crippen LogP contribution in [0.1, 0.15) is 1.43 Å². The van der Waals surface area contributed by atoms with E-state index in [1.165, 1.54) is 0 Å². The molecule has 0 amide bonds. The van der Waals surface area contributed by atoms with Crippen LogP contribution in [0.25, 0.3) is 0 Å². The van der Waals surface area contributed by atoms with Crippen LogP contribution in [0.15, 0.2) is 0 Å². The van der Waals surface area contributed by atoms with Gasteiger partial charge in [0.1, 0.15) is 0 Å². The van der Waals surface area contributed by atoms with E-state index in [-0.39, 0.29) is 31.0 Å². The second-order valence-electron chi connectivity index (χ2n) is 0.761. The maximum Gasteiger partial charge on any atom is 1.00 e. The van der Waals surface area contributed by atoms with E-state index in [0.29, 0.717) is 0 Å². The average molecular weight is 255 g/mol. The van der Waals surface area contributed by atoms with Gasteiger partial charge in [0.2, 0.25) is 0 Å². The fraction of sp³-hybridized carbons (Fsp3) is 0. The number of phosphoric acid groups is 1. The van der Waals surface area contributed by atoms with Crippen LogP contribution in [0, 0.1) is 0 Å². The molecule has 0 saturated carbocycles. The van der Waals surface area contributed by atoms with E-state index < -0.39 is 19.2 Å². The van der Waals surface area contributed by atoms with Crippen LogP contribution in [0.2, 0.25) is 0 Å². The van der Waals surface area contributed by atoms with Crippen LogP contribution < -0.4 is 29.6 Å². The Balaban J connectivity index is -0.0000000383. The fourth-order valence-electron chi connectivity index (χ4n) is 0. The number of hydrogen-bond donors (Lipinski definition) is 3. The van der Waals surface area contributed by atoms with Gasteiger partial charge in [-0.1, -0.05) is 0 Å². The van der Waals surface area contributed by atoms with Crippen LogP contribution in [-0.4, -0.2) is 26.1 Å². The molecular weight excluding hydrogens is 251 g/mol. The summed E-state index contributed by atoms with van der Waals surface area (Å²) in [5.41, 5.74) is 0. The first kappa shape index (κ1) is 18.3. The van der Waals surface area contributed by atoms with Crippen molar-refractivity contribution in [1.29, 1.82) is 0 Å². The second kappa shape index (κ2) is 9.60. The van der Waals surface area contributed by atoms with Gasteiger partial charge in [0.15, 0.2) is 0 Å². The van der Waals surface area contributed by atoms with Gasteiger partial charge in [-0.25, -0.2) is 34.7 Å². The number of hydrogen-bond acceptors (Lipinski definition) is 1. The van der Waals surface area contributed by atoms with Crippen molar-refractivity contribution < 1.29 is 50.2 Å². The van der Waals surface area contributed by atoms with Crippen molar-refractivity contribution >= 4 is 49.4 Å². The predicted molar refractivity (Wildman–Crippen MR) is 38.7 cm³/mol. The Morgan fingerprint density at radius 3 is 1.20 bits per heavy atom. The molecule has 0 aliphatic rings. The van der Waals surface area contributed by atoms with Crippen molar-refractivity contribution in [2.75, 3.05) is 0 Å². The quantitative estimate of drug-likeness (QED) is 0.341. The molecule has 0 aliphatic carbocycles. The standard InChI is InChI=1S/Al.3ClH.Na.H3O4P.H/c;;;;;1-5(2,3)4;/h;3*1H;;(H3,1,2,3,4);/q+3;;;;+1;;-1/p-3. The summed E-state index contributed by atoms with van der Waals surface area (Å²) in [6.45, 7) is 0. The van der Waals surface area contributed by atoms with Crippen molar-refractivity contribution in [2.24, 2.45) is 0 Å². The topological polar surface area (TPSA) is 77.8 Å². The zero-order valence-electron chi connectivity index (χ0n) is 5.91. The average Bonchev–Trinajstić information content (AvgIpc) is 1.19. The maximum absolute atomic E-state index is 8.88. The molecular formula is H4AlCl3NaO4P. The van der Waals surface area contributed by atoms with E-state index in [1.807, 2.05) is 0 Å². The Labute approximate surface area is 98.5 Å². The Morgan fingerprint density at radius 2 is 1.20 bits per heavy atom. The monoisotopic (exact) mass is 254 g/mol. The normalized spacial score (nSPS) is 8.60. The van der Waals surface area contributed by atoms with E-state index >= 15 is 0 Å². The summed E-state index contributed by atoms with van der Waals surface area (Å²) in [4.78, 5) is 21.6. The SMILES string of the molecule is O=P(O)(O)O.[Cl][Al]([Cl])[Cl].[H-].[Na+]. The minimum Gasteiger partial charge on any atom is -1.00 e. The molecule has 0 radical (unpaired) electrons. The van der Waals surface area contributed by atoms with E-state index in [4.69, 9.17) is 49.4 Å². The summed E-state index contributed by atoms with van der Waals surface area (Å²) < 4.78 is 8.88. The molecule has 0 fully saturated rings. The van der Waals surface area contributed by atoms with Crippen molar-refractivity contribution in [1.82, 2.24) is 0 Å². The van der Waals surface area contributed by atoms with Gasteiger partial charge in [-0.3, -0.25) is 0 Å². The van der Waals surface area contributed by atoms with Crippen LogP contribution >= 0.6 is 38.0 Å². The van der Waals surface area contributed by atoms with Crippen LogP contribution in [0.4, 0.5) is 0 Å². The molecule has 0 bridgehead atoms. The molecule has 0 aromatic rings. The van der Waals surface area contributed by atoms with Crippen LogP contribution in [0.3, 0.4) is 0 Å². The number of halogens is 3. The van der Waals surface area contributed by atoms with Crippen molar-refractivity contribution in [3.8, 4) is 0 Å². The third-order valence-electron chi connectivity index (χ3n) is 0. The molecule has 0 rings (SSSR count). The summed E-state index contributed by atoms with van der Waals surface area (Å²) in [6.07, 6.45) is 0. The Hall–Kier alpha value is 2.51. The molecule has 0 spiro atoms. The first-order chi connectivity index (χ1) is 3.73. The first-order valence-electron chi connectivity index (χ1n) is 1.44. The second-order valence-corrected chi connectivity index (χ2v) is 8.22. The zero-order valence-corrected chi connectivity index (χ0v) is 11.2. The van der Waals surface area contributed by atoms with Crippen LogP contribution in [-0.2, 0) is 4.57 Å². The third-order valence-corrected chi connectivity index (χ3v) is 0. The zero-order chi connectivity index (χ0) is 8.08. The van der Waals surface area contributed by atoms with Gasteiger partial charge in [0, 0.05) is 0 Å². The molecule has 3 N–H and O–H groups in total. The molecule has 58 valence electrons. The summed E-state index contributed by atoms with van der Waals surface area (Å²) >= 11 is -1.72. The van der Waals surface area contributed by atoms with E-state index in [1.54, 1.807) is 0 Å². The minimum absolute atomic E-state index is 0. The first-order valence-corrected chi connectivity index (χ1v) is 8.24. The summed E-state index contributed by atoms with van der Waals surface area (Å²) in [5, 5.41) is 0. The fourth-order valence-corrected chi connectivity index (χ4v) is 0. The van der Waals surface area contributed by atoms with E-state index in [9.17, 15) is 0 Å². The van der Waals surface area contributed by atoms with Crippen molar-refractivity contribution in [3.05, 3.63) is 0 Å². The molecule has 4 nitrogen and oxygen atoms in total. The molecule has 0 heterocycles. The molecule has 0 aliphatic heterocycles. The molecule has 0 aromatic heterocycles. The Kier molecular flexibility index (Phi) is 17.6. The summed E-state index contributed by atoms with van der Waals surface area (Å²) in [5.74, 6) is 0. The predicted octanol–water partition coefficient (Wildman–Crippen LogP) is -2.12. The van der Waals surface area contributed by atoms with Crippen molar-refractivity contribution in [2.45, 2.75) is 0 Å². The molecule has 0 aromatic carbocycles. The Morgan fingerprint density at radius 1 is 1.20 bits per heavy atom. The van der Waals surface area contributed by atoms with Gasteiger partial charge in [-0.15, -0.1) is 0 Å². The van der Waals surface area contributed by atoms with Crippen molar-refractivity contribution in [3.63, 3.8) is 0 Å². The molecule has 10 heteroatoms. The van der Waals surface area contributed by atoms with E-state index in [2.05, 4.69) is 0 Å². The third kappa shape index (κ3) is 151. The molecule has 10 heavy (non-hydrogen) atoms. The minimum atomic E-state index is -4.64. The van der Waals surface area contributed by atoms with Gasteiger partial charge >= 0.3 is 48.8 Å². The molecule has 0 saturated heterocycles. The smallest absolute Gasteiger partial charge is 1.00 e. The van der Waals surface area contributed by atoms with Gasteiger partial charge < -0.3 is 16.1 Å². The van der Waals surface area contributed by atoms with Gasteiger partial charge in [0.05, 0.1) is 0 Å². The summed E-state index contributed by atoms with van der Waals surface area (Å²) in [6, 6.07) is 0. The maximum atomic E-state index is 8.88. The van der Waals surface area contributed by atoms with Gasteiger partial charge in [0.25, 0.3) is 0 Å². The van der Waals surface area contributed by atoms with Gasteiger partial charge in [-0.05, 0) is 0 Å². The van der Waals surface area contributed by atoms with Crippen LogP contribution in [0.5, 0.6) is 0 Å². The largest absolute Gasteiger partial charge is 1.00 e. The number of rotatable bonds is 0. The van der Waals surface area contributed by atoms with Gasteiger partial charge in [-0.2, -0.15) is 0 Å². The molecule has 0 unspecified atom stereocenters. The molecule has 0 atom stereocenters. The summed E-state index contributed by atoms with van der Waals surface area (Å²) in [7, 11) is 10.2.